The zero-order chi connectivity index (χ0) is 46.2. The molecule has 0 radical (unpaired) electrons. The maximum Gasteiger partial charge on any atom is 0.249 e. The lowest BCUT2D eigenvalue weighted by atomic mass is 9.98. The predicted molar refractivity (Wildman–Crippen MR) is 256 cm³/mol. The third kappa shape index (κ3) is 31.5. The summed E-state index contributed by atoms with van der Waals surface area (Å²) in [6.45, 7) is 3.41. The molecule has 1 heterocycles. The summed E-state index contributed by atoms with van der Waals surface area (Å²) in [5.74, 6) is -0.706. The lowest BCUT2D eigenvalue weighted by molar-refractivity contribution is -0.303. The number of amides is 1. The van der Waals surface area contributed by atoms with Crippen LogP contribution in [0.4, 0.5) is 0 Å². The monoisotopic (exact) mass is 900 g/mol. The average molecular weight is 900 g/mol. The van der Waals surface area contributed by atoms with Crippen molar-refractivity contribution in [2.45, 2.75) is 300 Å². The van der Waals surface area contributed by atoms with E-state index in [4.69, 9.17) is 9.47 Å². The van der Waals surface area contributed by atoms with Crippen LogP contribution in [0.25, 0.3) is 0 Å². The summed E-state index contributed by atoms with van der Waals surface area (Å²) >= 11 is 0. The summed E-state index contributed by atoms with van der Waals surface area (Å²) in [5.41, 5.74) is 0. The summed E-state index contributed by atoms with van der Waals surface area (Å²) in [6.07, 6.45) is 35.7. The largest absolute Gasteiger partial charge is 0.394 e. The second-order valence-corrected chi connectivity index (χ2v) is 19.0. The summed E-state index contributed by atoms with van der Waals surface area (Å²) in [5, 5.41) is 75.7. The van der Waals surface area contributed by atoms with Gasteiger partial charge in [-0.15, -0.1) is 0 Å². The topological polar surface area (TPSA) is 189 Å². The van der Waals surface area contributed by atoms with Crippen LogP contribution in [0, 0.1) is 0 Å². The Labute approximate surface area is 385 Å². The fourth-order valence-electron chi connectivity index (χ4n) is 8.66. The number of hydrogen-bond acceptors (Lipinski definition) is 10. The summed E-state index contributed by atoms with van der Waals surface area (Å²) in [6, 6.07) is -1.17. The van der Waals surface area contributed by atoms with Gasteiger partial charge in [0.2, 0.25) is 5.91 Å². The van der Waals surface area contributed by atoms with Crippen LogP contribution >= 0.6 is 0 Å². The third-order valence-corrected chi connectivity index (χ3v) is 13.1. The smallest absolute Gasteiger partial charge is 0.249 e. The molecule has 9 unspecified atom stereocenters. The molecule has 1 amide bonds. The first-order valence-electron chi connectivity index (χ1n) is 26.6. The second kappa shape index (κ2) is 42.2. The Hall–Kier alpha value is -1.15. The molecule has 0 aromatic heterocycles. The van der Waals surface area contributed by atoms with E-state index >= 15 is 0 Å². The molecular formula is C52H101NO10. The number of aliphatic hydroxyl groups excluding tert-OH is 7. The standard InChI is InChI=1S/C52H101NO10/c1-3-5-7-9-11-13-15-16-17-18-19-20-21-22-23-24-25-26-27-28-29-30-32-33-35-37-39-44(55)47(57)43(42-62-52-50(60)49(59)48(58)46(41-54)63-52)53-51(61)45(56)40-38-36-34-31-14-12-10-8-6-4-2/h10,12,43-50,52,54-60H,3-9,11,13-42H2,1-2H3,(H,53,61)/b12-10-. The lowest BCUT2D eigenvalue weighted by Gasteiger charge is -2.40. The lowest BCUT2D eigenvalue weighted by Crippen LogP contribution is -2.60. The Kier molecular flexibility index (Phi) is 40.1. The molecule has 0 aromatic carbocycles. The van der Waals surface area contributed by atoms with E-state index in [-0.39, 0.29) is 6.42 Å². The number of allylic oxidation sites excluding steroid dienone is 2. The first-order valence-corrected chi connectivity index (χ1v) is 26.6. The van der Waals surface area contributed by atoms with Gasteiger partial charge in [0.15, 0.2) is 6.29 Å². The molecule has 0 aliphatic carbocycles. The molecule has 0 bridgehead atoms. The van der Waals surface area contributed by atoms with Gasteiger partial charge in [-0.25, -0.2) is 0 Å². The molecule has 0 spiro atoms. The maximum absolute atomic E-state index is 13.1. The number of nitrogens with one attached hydrogen (secondary N) is 1. The normalized spacial score (nSPS) is 21.2. The average Bonchev–Trinajstić information content (AvgIpc) is 3.28. The predicted octanol–water partition coefficient (Wildman–Crippen LogP) is 10.0. The van der Waals surface area contributed by atoms with E-state index < -0.39 is 74.2 Å². The highest BCUT2D eigenvalue weighted by Gasteiger charge is 2.44. The van der Waals surface area contributed by atoms with Crippen LogP contribution in [0.3, 0.4) is 0 Å². The van der Waals surface area contributed by atoms with Gasteiger partial charge in [-0.05, 0) is 32.1 Å². The Morgan fingerprint density at radius 3 is 1.38 bits per heavy atom. The minimum Gasteiger partial charge on any atom is -0.394 e. The number of ether oxygens (including phenoxy) is 2. The third-order valence-electron chi connectivity index (χ3n) is 13.1. The zero-order valence-electron chi connectivity index (χ0n) is 40.6. The van der Waals surface area contributed by atoms with Gasteiger partial charge in [-0.3, -0.25) is 4.79 Å². The van der Waals surface area contributed by atoms with Gasteiger partial charge in [-0.1, -0.05) is 225 Å². The molecule has 63 heavy (non-hydrogen) atoms. The molecule has 1 rings (SSSR count). The Balaban J connectivity index is 2.27. The molecule has 0 saturated carbocycles. The quantitative estimate of drug-likeness (QED) is 0.0216. The van der Waals surface area contributed by atoms with Gasteiger partial charge in [-0.2, -0.15) is 0 Å². The van der Waals surface area contributed by atoms with E-state index in [9.17, 15) is 40.5 Å². The fourth-order valence-corrected chi connectivity index (χ4v) is 8.66. The highest BCUT2D eigenvalue weighted by molar-refractivity contribution is 5.80. The molecule has 11 heteroatoms. The number of unbranched alkanes of at least 4 members (excludes halogenated alkanes) is 31. The second-order valence-electron chi connectivity index (χ2n) is 19.0. The molecule has 1 saturated heterocycles. The van der Waals surface area contributed by atoms with Gasteiger partial charge in [0.25, 0.3) is 0 Å². The van der Waals surface area contributed by atoms with Crippen molar-refractivity contribution in [3.8, 4) is 0 Å². The van der Waals surface area contributed by atoms with Crippen molar-refractivity contribution in [3.05, 3.63) is 12.2 Å². The van der Waals surface area contributed by atoms with Gasteiger partial charge in [0.05, 0.1) is 25.4 Å². The SMILES string of the molecule is CCCC/C=C\CCCCCCC(O)C(=O)NC(COC1OC(CO)C(O)C(O)C1O)C(O)C(O)CCCCCCCCCCCCCCCCCCCCCCCCCCCC. The molecule has 1 fully saturated rings. The number of carbonyl (C=O) groups excluding carboxylic acids is 1. The minimum atomic E-state index is -1.66. The summed E-state index contributed by atoms with van der Waals surface area (Å²) in [4.78, 5) is 13.1. The molecule has 11 nitrogen and oxygen atoms in total. The van der Waals surface area contributed by atoms with Crippen LogP contribution in [0.5, 0.6) is 0 Å². The van der Waals surface area contributed by atoms with Crippen molar-refractivity contribution in [1.82, 2.24) is 5.32 Å². The van der Waals surface area contributed by atoms with E-state index in [0.29, 0.717) is 19.3 Å². The molecule has 9 atom stereocenters. The van der Waals surface area contributed by atoms with E-state index in [1.807, 2.05) is 0 Å². The van der Waals surface area contributed by atoms with E-state index in [2.05, 4.69) is 31.3 Å². The van der Waals surface area contributed by atoms with Gasteiger partial charge in [0.1, 0.15) is 36.6 Å². The molecule has 0 aromatic rings. The summed E-state index contributed by atoms with van der Waals surface area (Å²) < 4.78 is 11.1. The molecule has 1 aliphatic rings. The molecule has 1 aliphatic heterocycles. The first-order chi connectivity index (χ1) is 30.7. The highest BCUT2D eigenvalue weighted by Crippen LogP contribution is 2.23. The minimum absolute atomic E-state index is 0.247. The van der Waals surface area contributed by atoms with E-state index in [1.54, 1.807) is 0 Å². The van der Waals surface area contributed by atoms with Crippen molar-refractivity contribution < 1.29 is 50.0 Å². The van der Waals surface area contributed by atoms with Crippen molar-refractivity contribution in [2.24, 2.45) is 0 Å². The van der Waals surface area contributed by atoms with Crippen LogP contribution in [0.15, 0.2) is 12.2 Å². The Morgan fingerprint density at radius 1 is 0.540 bits per heavy atom. The van der Waals surface area contributed by atoms with Crippen molar-refractivity contribution >= 4 is 5.91 Å². The van der Waals surface area contributed by atoms with Crippen molar-refractivity contribution in [2.75, 3.05) is 13.2 Å². The number of hydrogen-bond donors (Lipinski definition) is 8. The fraction of sp³-hybridized carbons (Fsp3) is 0.942. The van der Waals surface area contributed by atoms with E-state index in [0.717, 1.165) is 51.4 Å². The van der Waals surface area contributed by atoms with Crippen LogP contribution < -0.4 is 5.32 Å². The van der Waals surface area contributed by atoms with Crippen LogP contribution in [-0.2, 0) is 14.3 Å². The number of carbonyl (C=O) groups is 1. The van der Waals surface area contributed by atoms with E-state index in [1.165, 1.54) is 154 Å². The molecular weight excluding hydrogens is 799 g/mol. The van der Waals surface area contributed by atoms with Crippen LogP contribution in [0.2, 0.25) is 0 Å². The zero-order valence-corrected chi connectivity index (χ0v) is 40.6. The highest BCUT2D eigenvalue weighted by atomic mass is 16.7. The maximum atomic E-state index is 13.1. The summed E-state index contributed by atoms with van der Waals surface area (Å²) in [7, 11) is 0. The number of rotatable bonds is 45. The molecule has 8 N–H and O–H groups in total. The van der Waals surface area contributed by atoms with Gasteiger partial charge < -0.3 is 50.5 Å². The van der Waals surface area contributed by atoms with Crippen LogP contribution in [-0.4, -0.2) is 110 Å². The van der Waals surface area contributed by atoms with Crippen molar-refractivity contribution in [3.63, 3.8) is 0 Å². The Morgan fingerprint density at radius 2 is 0.937 bits per heavy atom. The van der Waals surface area contributed by atoms with Crippen molar-refractivity contribution in [1.29, 1.82) is 0 Å². The molecule has 374 valence electrons. The van der Waals surface area contributed by atoms with Crippen LogP contribution in [0.1, 0.15) is 245 Å². The van der Waals surface area contributed by atoms with Gasteiger partial charge >= 0.3 is 0 Å². The Bertz CT molecular complexity index is 1030. The number of aliphatic hydroxyl groups is 7. The first kappa shape index (κ1) is 59.9. The van der Waals surface area contributed by atoms with Gasteiger partial charge in [0, 0.05) is 0 Å².